The number of aromatic nitrogens is 3. The van der Waals surface area contributed by atoms with Crippen molar-refractivity contribution in [3.05, 3.63) is 64.5 Å². The van der Waals surface area contributed by atoms with Gasteiger partial charge in [-0.2, -0.15) is 5.10 Å². The fourth-order valence-electron chi connectivity index (χ4n) is 1.99. The van der Waals surface area contributed by atoms with E-state index >= 15 is 0 Å². The van der Waals surface area contributed by atoms with Crippen LogP contribution < -0.4 is 5.32 Å². The molecule has 0 fully saturated rings. The largest absolute Gasteiger partial charge is 0.322 e. The molecule has 0 unspecified atom stereocenters. The number of rotatable bonds is 3. The van der Waals surface area contributed by atoms with Gasteiger partial charge in [0.05, 0.1) is 21.3 Å². The maximum absolute atomic E-state index is 12.3. The lowest BCUT2D eigenvalue weighted by atomic mass is 10.1. The third-order valence-corrected chi connectivity index (χ3v) is 3.62. The Morgan fingerprint density at radius 3 is 2.32 bits per heavy atom. The van der Waals surface area contributed by atoms with Gasteiger partial charge in [0.25, 0.3) is 5.91 Å². The van der Waals surface area contributed by atoms with Crippen LogP contribution in [0.4, 0.5) is 5.69 Å². The molecule has 0 aliphatic carbocycles. The Labute approximate surface area is 136 Å². The molecule has 0 atom stereocenters. The van der Waals surface area contributed by atoms with Crippen LogP contribution in [-0.4, -0.2) is 21.1 Å². The number of nitrogens with zero attached hydrogens (tertiary/aromatic N) is 2. The molecule has 2 aromatic heterocycles. The van der Waals surface area contributed by atoms with Crippen molar-refractivity contribution < 1.29 is 4.79 Å². The smallest absolute Gasteiger partial charge is 0.258 e. The van der Waals surface area contributed by atoms with E-state index in [2.05, 4.69) is 20.5 Å². The molecular weight excluding hydrogens is 323 g/mol. The number of benzene rings is 1. The second kappa shape index (κ2) is 6.17. The Hall–Kier alpha value is -2.37. The van der Waals surface area contributed by atoms with Crippen molar-refractivity contribution in [2.75, 3.05) is 5.32 Å². The maximum Gasteiger partial charge on any atom is 0.258 e. The summed E-state index contributed by atoms with van der Waals surface area (Å²) in [4.78, 5) is 16.2. The summed E-state index contributed by atoms with van der Waals surface area (Å²) in [7, 11) is 0. The predicted octanol–water partition coefficient (Wildman–Crippen LogP) is 4.03. The average Bonchev–Trinajstić information content (AvgIpc) is 3.01. The molecule has 0 saturated heterocycles. The first kappa shape index (κ1) is 14.6. The molecule has 22 heavy (non-hydrogen) atoms. The minimum atomic E-state index is -0.377. The van der Waals surface area contributed by atoms with Crippen molar-refractivity contribution in [1.29, 1.82) is 0 Å². The second-order valence-corrected chi connectivity index (χ2v) is 5.29. The Morgan fingerprint density at radius 2 is 1.73 bits per heavy atom. The summed E-state index contributed by atoms with van der Waals surface area (Å²) >= 11 is 12.4. The van der Waals surface area contributed by atoms with Crippen LogP contribution in [0.15, 0.2) is 48.9 Å². The minimum absolute atomic E-state index is 0.225. The number of H-pyrrole nitrogens is 1. The summed E-state index contributed by atoms with van der Waals surface area (Å²) in [6.45, 7) is 0. The van der Waals surface area contributed by atoms with E-state index in [1.165, 1.54) is 0 Å². The Bertz CT molecular complexity index is 781. The molecule has 3 aromatic rings. The minimum Gasteiger partial charge on any atom is -0.322 e. The van der Waals surface area contributed by atoms with E-state index in [1.54, 1.807) is 48.9 Å². The lowest BCUT2D eigenvalue weighted by Crippen LogP contribution is -2.13. The fourth-order valence-corrected chi connectivity index (χ4v) is 2.65. The second-order valence-electron chi connectivity index (χ2n) is 4.48. The molecule has 1 aromatic carbocycles. The van der Waals surface area contributed by atoms with E-state index in [0.29, 0.717) is 5.69 Å². The zero-order valence-electron chi connectivity index (χ0n) is 11.2. The summed E-state index contributed by atoms with van der Waals surface area (Å²) < 4.78 is 0. The third kappa shape index (κ3) is 2.95. The molecule has 110 valence electrons. The topological polar surface area (TPSA) is 70.7 Å². The zero-order valence-corrected chi connectivity index (χ0v) is 12.7. The number of amides is 1. The Kier molecular flexibility index (Phi) is 4.09. The number of carbonyl (C=O) groups excluding carboxylic acids is 1. The number of hydrogen-bond acceptors (Lipinski definition) is 3. The molecule has 3 rings (SSSR count). The maximum atomic E-state index is 12.3. The van der Waals surface area contributed by atoms with Crippen molar-refractivity contribution in [1.82, 2.24) is 15.2 Å². The molecule has 2 heterocycles. The molecule has 0 aliphatic rings. The van der Waals surface area contributed by atoms with Gasteiger partial charge in [-0.1, -0.05) is 23.2 Å². The number of aromatic amines is 1. The van der Waals surface area contributed by atoms with Crippen LogP contribution in [0.5, 0.6) is 0 Å². The number of nitrogens with one attached hydrogen (secondary N) is 2. The van der Waals surface area contributed by atoms with Crippen molar-refractivity contribution in [3.63, 3.8) is 0 Å². The summed E-state index contributed by atoms with van der Waals surface area (Å²) in [5.74, 6) is -0.377. The number of carbonyl (C=O) groups is 1. The van der Waals surface area contributed by atoms with Gasteiger partial charge >= 0.3 is 0 Å². The fraction of sp³-hybridized carbons (Fsp3) is 0. The average molecular weight is 333 g/mol. The van der Waals surface area contributed by atoms with Gasteiger partial charge in [-0.3, -0.25) is 14.9 Å². The number of hydrogen-bond donors (Lipinski definition) is 2. The molecule has 0 aliphatic heterocycles. The SMILES string of the molecule is O=C(Nc1ccncc1)c1c(Cl)cc(-c2ccn[nH]2)cc1Cl. The van der Waals surface area contributed by atoms with Gasteiger partial charge in [0, 0.05) is 29.8 Å². The van der Waals surface area contributed by atoms with Crippen LogP contribution in [0.1, 0.15) is 10.4 Å². The van der Waals surface area contributed by atoms with Crippen molar-refractivity contribution in [3.8, 4) is 11.3 Å². The number of anilines is 1. The predicted molar refractivity (Wildman–Crippen MR) is 86.2 cm³/mol. The van der Waals surface area contributed by atoms with Gasteiger partial charge in [0.1, 0.15) is 0 Å². The molecule has 0 bridgehead atoms. The summed E-state index contributed by atoms with van der Waals surface area (Å²) in [5.41, 5.74) is 2.37. The number of pyridine rings is 1. The zero-order chi connectivity index (χ0) is 15.5. The lowest BCUT2D eigenvalue weighted by molar-refractivity contribution is 0.102. The number of halogens is 2. The van der Waals surface area contributed by atoms with E-state index in [1.807, 2.05) is 0 Å². The molecule has 0 spiro atoms. The van der Waals surface area contributed by atoms with E-state index in [4.69, 9.17) is 23.2 Å². The Morgan fingerprint density at radius 1 is 1.05 bits per heavy atom. The third-order valence-electron chi connectivity index (χ3n) is 3.02. The van der Waals surface area contributed by atoms with Crippen LogP contribution in [0.3, 0.4) is 0 Å². The normalized spacial score (nSPS) is 10.5. The van der Waals surface area contributed by atoms with Crippen molar-refractivity contribution in [2.24, 2.45) is 0 Å². The van der Waals surface area contributed by atoms with Gasteiger partial charge in [0.2, 0.25) is 0 Å². The van der Waals surface area contributed by atoms with Crippen LogP contribution in [0, 0.1) is 0 Å². The van der Waals surface area contributed by atoms with E-state index in [-0.39, 0.29) is 21.5 Å². The van der Waals surface area contributed by atoms with Crippen LogP contribution in [-0.2, 0) is 0 Å². The standard InChI is InChI=1S/C15H10Cl2N4O/c16-11-7-9(13-3-6-19-21-13)8-12(17)14(11)15(22)20-10-1-4-18-5-2-10/h1-8H,(H,19,21)(H,18,20,22). The van der Waals surface area contributed by atoms with Gasteiger partial charge in [-0.15, -0.1) is 0 Å². The van der Waals surface area contributed by atoms with Gasteiger partial charge in [-0.25, -0.2) is 0 Å². The highest BCUT2D eigenvalue weighted by atomic mass is 35.5. The molecule has 0 saturated carbocycles. The highest BCUT2D eigenvalue weighted by Crippen LogP contribution is 2.31. The van der Waals surface area contributed by atoms with Crippen LogP contribution in [0.25, 0.3) is 11.3 Å². The van der Waals surface area contributed by atoms with E-state index < -0.39 is 0 Å². The van der Waals surface area contributed by atoms with E-state index in [0.717, 1.165) is 11.3 Å². The van der Waals surface area contributed by atoms with E-state index in [9.17, 15) is 4.79 Å². The summed E-state index contributed by atoms with van der Waals surface area (Å²) in [5, 5.41) is 9.96. The first-order valence-electron chi connectivity index (χ1n) is 6.35. The van der Waals surface area contributed by atoms with Crippen molar-refractivity contribution >= 4 is 34.8 Å². The molecule has 7 heteroatoms. The Balaban J connectivity index is 1.93. The van der Waals surface area contributed by atoms with Crippen LogP contribution in [0.2, 0.25) is 10.0 Å². The molecule has 0 radical (unpaired) electrons. The summed E-state index contributed by atoms with van der Waals surface area (Å²) in [6.07, 6.45) is 4.79. The van der Waals surface area contributed by atoms with Gasteiger partial charge < -0.3 is 5.32 Å². The first-order valence-corrected chi connectivity index (χ1v) is 7.11. The van der Waals surface area contributed by atoms with Crippen molar-refractivity contribution in [2.45, 2.75) is 0 Å². The first-order chi connectivity index (χ1) is 10.6. The monoisotopic (exact) mass is 332 g/mol. The molecule has 1 amide bonds. The quantitative estimate of drug-likeness (QED) is 0.760. The molecule has 2 N–H and O–H groups in total. The van der Waals surface area contributed by atoms with Gasteiger partial charge in [0.15, 0.2) is 0 Å². The lowest BCUT2D eigenvalue weighted by Gasteiger charge is -2.10. The van der Waals surface area contributed by atoms with Crippen LogP contribution >= 0.6 is 23.2 Å². The van der Waals surface area contributed by atoms with Gasteiger partial charge in [-0.05, 0) is 30.3 Å². The highest BCUT2D eigenvalue weighted by molar-refractivity contribution is 6.40. The molecule has 5 nitrogen and oxygen atoms in total. The summed E-state index contributed by atoms with van der Waals surface area (Å²) in [6, 6.07) is 8.49. The molecular formula is C15H10Cl2N4O. The highest BCUT2D eigenvalue weighted by Gasteiger charge is 2.17.